The van der Waals surface area contributed by atoms with E-state index in [0.717, 1.165) is 34.5 Å². The summed E-state index contributed by atoms with van der Waals surface area (Å²) in [6.45, 7) is 1.52. The molecular weight excluding hydrogens is 374 g/mol. The fourth-order valence-corrected chi connectivity index (χ4v) is 4.34. The van der Waals surface area contributed by atoms with Crippen molar-refractivity contribution in [2.24, 2.45) is 0 Å². The number of hydrogen-bond acceptors (Lipinski definition) is 6. The Morgan fingerprint density at radius 3 is 2.85 bits per heavy atom. The van der Waals surface area contributed by atoms with Crippen LogP contribution < -0.4 is 5.32 Å². The molecule has 1 aromatic heterocycles. The maximum absolute atomic E-state index is 12.3. The highest BCUT2D eigenvalue weighted by molar-refractivity contribution is 8.18. The Hall–Kier alpha value is -2.13. The van der Waals surface area contributed by atoms with Crippen molar-refractivity contribution >= 4 is 52.1 Å². The molecule has 4 amide bonds. The van der Waals surface area contributed by atoms with E-state index in [4.69, 9.17) is 0 Å². The van der Waals surface area contributed by atoms with Crippen LogP contribution in [0.15, 0.2) is 22.4 Å². The second kappa shape index (κ2) is 8.50. The Morgan fingerprint density at radius 1 is 1.31 bits per heavy atom. The summed E-state index contributed by atoms with van der Waals surface area (Å²) in [5.74, 6) is -0.657. The number of thioether (sulfide) groups is 1. The molecule has 2 fully saturated rings. The van der Waals surface area contributed by atoms with Gasteiger partial charge in [0, 0.05) is 30.9 Å². The van der Waals surface area contributed by atoms with E-state index in [0.29, 0.717) is 30.8 Å². The van der Waals surface area contributed by atoms with E-state index in [1.165, 1.54) is 11.3 Å². The van der Waals surface area contributed by atoms with Crippen molar-refractivity contribution in [2.75, 3.05) is 26.2 Å². The van der Waals surface area contributed by atoms with Gasteiger partial charge in [0.15, 0.2) is 0 Å². The topological polar surface area (TPSA) is 86.8 Å². The van der Waals surface area contributed by atoms with E-state index in [-0.39, 0.29) is 18.4 Å². The fourth-order valence-electron chi connectivity index (χ4n) is 2.78. The molecule has 0 aromatic carbocycles. The van der Waals surface area contributed by atoms with Gasteiger partial charge in [-0.15, -0.1) is 11.3 Å². The molecule has 3 heterocycles. The predicted molar refractivity (Wildman–Crippen MR) is 100 cm³/mol. The van der Waals surface area contributed by atoms with Crippen LogP contribution in [0.25, 0.3) is 6.08 Å². The van der Waals surface area contributed by atoms with Gasteiger partial charge in [-0.1, -0.05) is 6.07 Å². The Bertz CT molecular complexity index is 745. The molecule has 3 rings (SSSR count). The molecule has 9 heteroatoms. The number of nitrogens with one attached hydrogen (secondary N) is 1. The van der Waals surface area contributed by atoms with Crippen LogP contribution >= 0.6 is 23.1 Å². The first-order valence-corrected chi connectivity index (χ1v) is 10.1. The van der Waals surface area contributed by atoms with Gasteiger partial charge in [0.2, 0.25) is 11.8 Å². The highest BCUT2D eigenvalue weighted by Gasteiger charge is 2.36. The molecule has 0 atom stereocenters. The first-order valence-electron chi connectivity index (χ1n) is 8.38. The van der Waals surface area contributed by atoms with Gasteiger partial charge in [0.25, 0.3) is 11.1 Å². The van der Waals surface area contributed by atoms with Gasteiger partial charge in [0.1, 0.15) is 6.54 Å². The maximum atomic E-state index is 12.3. The number of carbonyl (C=O) groups is 4. The van der Waals surface area contributed by atoms with E-state index in [9.17, 15) is 19.2 Å². The molecule has 0 saturated carbocycles. The molecule has 0 bridgehead atoms. The summed E-state index contributed by atoms with van der Waals surface area (Å²) in [6, 6.07) is 3.72. The molecule has 26 heavy (non-hydrogen) atoms. The Balaban J connectivity index is 1.44. The van der Waals surface area contributed by atoms with E-state index in [1.54, 1.807) is 11.0 Å². The minimum Gasteiger partial charge on any atom is -0.354 e. The number of nitrogens with zero attached hydrogens (tertiary/aromatic N) is 2. The van der Waals surface area contributed by atoms with Crippen LogP contribution in [0.1, 0.15) is 24.1 Å². The second-order valence-corrected chi connectivity index (χ2v) is 7.94. The first-order chi connectivity index (χ1) is 12.5. The van der Waals surface area contributed by atoms with Gasteiger partial charge >= 0.3 is 0 Å². The zero-order valence-electron chi connectivity index (χ0n) is 14.1. The van der Waals surface area contributed by atoms with Crippen molar-refractivity contribution in [1.29, 1.82) is 0 Å². The molecule has 0 aliphatic carbocycles. The van der Waals surface area contributed by atoms with Gasteiger partial charge in [-0.2, -0.15) is 0 Å². The van der Waals surface area contributed by atoms with E-state index >= 15 is 0 Å². The highest BCUT2D eigenvalue weighted by Crippen LogP contribution is 2.32. The molecule has 2 saturated heterocycles. The Labute approximate surface area is 159 Å². The number of amides is 4. The van der Waals surface area contributed by atoms with Crippen LogP contribution in [-0.2, 0) is 14.4 Å². The zero-order valence-corrected chi connectivity index (χ0v) is 15.7. The number of hydrogen-bond donors (Lipinski definition) is 1. The Morgan fingerprint density at radius 2 is 2.15 bits per heavy atom. The molecule has 0 spiro atoms. The van der Waals surface area contributed by atoms with Crippen LogP contribution in [0.3, 0.4) is 0 Å². The van der Waals surface area contributed by atoms with Crippen LogP contribution in [-0.4, -0.2) is 58.9 Å². The predicted octanol–water partition coefficient (Wildman–Crippen LogP) is 1.91. The van der Waals surface area contributed by atoms with Crippen molar-refractivity contribution in [1.82, 2.24) is 15.1 Å². The summed E-state index contributed by atoms with van der Waals surface area (Å²) in [6.07, 6.45) is 3.81. The lowest BCUT2D eigenvalue weighted by molar-refractivity contribution is -0.129. The third-order valence-electron chi connectivity index (χ3n) is 4.09. The molecular formula is C17H19N3O4S2. The molecule has 1 aromatic rings. The van der Waals surface area contributed by atoms with E-state index in [2.05, 4.69) is 5.32 Å². The van der Waals surface area contributed by atoms with E-state index in [1.807, 2.05) is 17.5 Å². The van der Waals surface area contributed by atoms with Gasteiger partial charge < -0.3 is 10.2 Å². The summed E-state index contributed by atoms with van der Waals surface area (Å²) in [4.78, 5) is 51.8. The quantitative estimate of drug-likeness (QED) is 0.565. The zero-order chi connectivity index (χ0) is 18.5. The molecule has 1 N–H and O–H groups in total. The van der Waals surface area contributed by atoms with Crippen molar-refractivity contribution in [3.63, 3.8) is 0 Å². The highest BCUT2D eigenvalue weighted by atomic mass is 32.2. The monoisotopic (exact) mass is 393 g/mol. The third-order valence-corrected chi connectivity index (χ3v) is 5.82. The smallest absolute Gasteiger partial charge is 0.294 e. The largest absolute Gasteiger partial charge is 0.354 e. The third kappa shape index (κ3) is 4.53. The minimum atomic E-state index is -0.439. The summed E-state index contributed by atoms with van der Waals surface area (Å²) < 4.78 is 0. The van der Waals surface area contributed by atoms with Crippen LogP contribution in [0.5, 0.6) is 0 Å². The van der Waals surface area contributed by atoms with Crippen molar-refractivity contribution in [2.45, 2.75) is 19.3 Å². The van der Waals surface area contributed by atoms with Crippen LogP contribution in [0.4, 0.5) is 4.79 Å². The average molecular weight is 393 g/mol. The lowest BCUT2D eigenvalue weighted by atomic mass is 10.3. The minimum absolute atomic E-state index is 0.159. The van der Waals surface area contributed by atoms with Crippen molar-refractivity contribution in [3.8, 4) is 0 Å². The van der Waals surface area contributed by atoms with Crippen molar-refractivity contribution in [3.05, 3.63) is 27.3 Å². The van der Waals surface area contributed by atoms with Gasteiger partial charge in [-0.3, -0.25) is 24.1 Å². The molecule has 7 nitrogen and oxygen atoms in total. The summed E-state index contributed by atoms with van der Waals surface area (Å²) >= 11 is 2.32. The number of thiophene rings is 1. The fraction of sp³-hybridized carbons (Fsp3) is 0.412. The standard InChI is InChI=1S/C17H19N3O4S2/c21-14(18-6-3-8-19-7-1-5-15(19)22)11-20-16(23)13(26-17(20)24)10-12-4-2-9-25-12/h2,4,9-10H,1,3,5-8,11H2,(H,18,21). The lowest BCUT2D eigenvalue weighted by Gasteiger charge is -2.16. The summed E-state index contributed by atoms with van der Waals surface area (Å²) in [5, 5.41) is 4.15. The molecule has 2 aliphatic rings. The molecule has 2 aliphatic heterocycles. The molecule has 138 valence electrons. The molecule has 0 radical (unpaired) electrons. The van der Waals surface area contributed by atoms with E-state index < -0.39 is 11.1 Å². The molecule has 0 unspecified atom stereocenters. The second-order valence-electron chi connectivity index (χ2n) is 5.97. The first kappa shape index (κ1) is 18.7. The summed E-state index contributed by atoms with van der Waals surface area (Å²) in [5.41, 5.74) is 0. The lowest BCUT2D eigenvalue weighted by Crippen LogP contribution is -2.40. The number of imide groups is 1. The van der Waals surface area contributed by atoms with Crippen LogP contribution in [0, 0.1) is 0 Å². The maximum Gasteiger partial charge on any atom is 0.294 e. The normalized spacial score (nSPS) is 19.1. The van der Waals surface area contributed by atoms with Gasteiger partial charge in [0.05, 0.1) is 4.91 Å². The van der Waals surface area contributed by atoms with Crippen molar-refractivity contribution < 1.29 is 19.2 Å². The summed E-state index contributed by atoms with van der Waals surface area (Å²) in [7, 11) is 0. The van der Waals surface area contributed by atoms with Gasteiger partial charge in [-0.05, 0) is 42.1 Å². The number of carbonyl (C=O) groups excluding carboxylic acids is 4. The van der Waals surface area contributed by atoms with Crippen LogP contribution in [0.2, 0.25) is 0 Å². The Kier molecular flexibility index (Phi) is 6.10. The van der Waals surface area contributed by atoms with Gasteiger partial charge in [-0.25, -0.2) is 0 Å². The number of likely N-dealkylation sites (tertiary alicyclic amines) is 1. The number of rotatable bonds is 7. The average Bonchev–Trinajstić information content (AvgIpc) is 3.32. The SMILES string of the molecule is O=C(CN1C(=O)SC(=Cc2cccs2)C1=O)NCCCN1CCCC1=O.